The third-order valence-corrected chi connectivity index (χ3v) is 2.45. The predicted octanol–water partition coefficient (Wildman–Crippen LogP) is 2.19. The summed E-state index contributed by atoms with van der Waals surface area (Å²) in [6.45, 7) is 7.99. The molecular weight excluding hydrogens is 130 g/mol. The van der Waals surface area contributed by atoms with Gasteiger partial charge in [0.15, 0.2) is 0 Å². The molecular formula is C7H15NS. The van der Waals surface area contributed by atoms with Gasteiger partial charge in [-0.1, -0.05) is 31.9 Å². The molecule has 54 valence electrons. The fraction of sp³-hybridized carbons (Fsp3) is 0.714. The maximum atomic E-state index is 5.39. The first-order chi connectivity index (χ1) is 4.22. The summed E-state index contributed by atoms with van der Waals surface area (Å²) >= 11 is 1.43. The second kappa shape index (κ2) is 4.89. The highest BCUT2D eigenvalue weighted by molar-refractivity contribution is 7.97. The first-order valence-electron chi connectivity index (χ1n) is 3.18. The summed E-state index contributed by atoms with van der Waals surface area (Å²) < 4.78 is 0. The Morgan fingerprint density at radius 3 is 2.56 bits per heavy atom. The summed E-state index contributed by atoms with van der Waals surface area (Å²) in [4.78, 5) is 0. The van der Waals surface area contributed by atoms with Crippen LogP contribution in [0.2, 0.25) is 0 Å². The summed E-state index contributed by atoms with van der Waals surface area (Å²) in [7, 11) is 0. The zero-order valence-corrected chi connectivity index (χ0v) is 6.95. The Bertz CT molecular complexity index is 83.0. The van der Waals surface area contributed by atoms with E-state index in [9.17, 15) is 0 Å². The standard InChI is InChI=1S/C7H15NS/c1-4-5-6(2)7(3)9-8/h4,6-7H,1,5,8H2,2-3H3/t6-,7?/m0/s1. The third-order valence-electron chi connectivity index (χ3n) is 1.55. The van der Waals surface area contributed by atoms with Crippen LogP contribution in [-0.4, -0.2) is 5.25 Å². The van der Waals surface area contributed by atoms with Crippen LogP contribution in [0.4, 0.5) is 0 Å². The van der Waals surface area contributed by atoms with Crippen LogP contribution in [0.3, 0.4) is 0 Å². The van der Waals surface area contributed by atoms with Crippen molar-refractivity contribution in [1.82, 2.24) is 0 Å². The van der Waals surface area contributed by atoms with E-state index < -0.39 is 0 Å². The summed E-state index contributed by atoms with van der Waals surface area (Å²) in [6, 6.07) is 0. The van der Waals surface area contributed by atoms with Gasteiger partial charge in [-0.25, -0.2) is 0 Å². The van der Waals surface area contributed by atoms with Crippen LogP contribution < -0.4 is 5.14 Å². The van der Waals surface area contributed by atoms with Crippen LogP contribution in [0.1, 0.15) is 20.3 Å². The van der Waals surface area contributed by atoms with Crippen LogP contribution in [0.25, 0.3) is 0 Å². The quantitative estimate of drug-likeness (QED) is 0.485. The van der Waals surface area contributed by atoms with Crippen LogP contribution in [-0.2, 0) is 0 Å². The van der Waals surface area contributed by atoms with Crippen molar-refractivity contribution < 1.29 is 0 Å². The SMILES string of the molecule is C=CC[C@H](C)C(C)SN. The van der Waals surface area contributed by atoms with E-state index >= 15 is 0 Å². The molecule has 9 heavy (non-hydrogen) atoms. The van der Waals surface area contributed by atoms with E-state index in [1.54, 1.807) is 0 Å². The molecule has 0 saturated carbocycles. The fourth-order valence-corrected chi connectivity index (χ4v) is 0.968. The van der Waals surface area contributed by atoms with Crippen LogP contribution in [0.15, 0.2) is 12.7 Å². The van der Waals surface area contributed by atoms with Crippen LogP contribution in [0.5, 0.6) is 0 Å². The lowest BCUT2D eigenvalue weighted by Gasteiger charge is -2.14. The molecule has 0 fully saturated rings. The number of hydrogen-bond donors (Lipinski definition) is 1. The molecule has 0 spiro atoms. The van der Waals surface area contributed by atoms with Gasteiger partial charge >= 0.3 is 0 Å². The molecule has 1 nitrogen and oxygen atoms in total. The maximum absolute atomic E-state index is 5.39. The average Bonchev–Trinajstić information content (AvgIpc) is 1.87. The molecule has 1 unspecified atom stereocenters. The molecule has 0 aromatic heterocycles. The summed E-state index contributed by atoms with van der Waals surface area (Å²) in [6.07, 6.45) is 3.00. The first kappa shape index (κ1) is 9.05. The largest absolute Gasteiger partial charge is 0.278 e. The van der Waals surface area contributed by atoms with Gasteiger partial charge in [-0.2, -0.15) is 0 Å². The summed E-state index contributed by atoms with van der Waals surface area (Å²) in [5.41, 5.74) is 0. The Kier molecular flexibility index (Phi) is 4.91. The van der Waals surface area contributed by atoms with Gasteiger partial charge in [0, 0.05) is 5.25 Å². The monoisotopic (exact) mass is 145 g/mol. The highest BCUT2D eigenvalue weighted by Gasteiger charge is 2.07. The number of allylic oxidation sites excluding steroid dienone is 1. The van der Waals surface area contributed by atoms with Crippen molar-refractivity contribution in [3.8, 4) is 0 Å². The lowest BCUT2D eigenvalue weighted by atomic mass is 10.1. The maximum Gasteiger partial charge on any atom is 0.0191 e. The Hall–Kier alpha value is 0.0500. The van der Waals surface area contributed by atoms with E-state index in [4.69, 9.17) is 5.14 Å². The number of nitrogens with two attached hydrogens (primary N) is 1. The van der Waals surface area contributed by atoms with Crippen molar-refractivity contribution in [1.29, 1.82) is 0 Å². The molecule has 0 aliphatic carbocycles. The minimum absolute atomic E-state index is 0.544. The van der Waals surface area contributed by atoms with Crippen molar-refractivity contribution in [2.45, 2.75) is 25.5 Å². The van der Waals surface area contributed by atoms with Crippen molar-refractivity contribution in [2.24, 2.45) is 11.1 Å². The second-order valence-electron chi connectivity index (χ2n) is 2.34. The van der Waals surface area contributed by atoms with E-state index in [1.807, 2.05) is 6.08 Å². The van der Waals surface area contributed by atoms with Crippen LogP contribution in [0, 0.1) is 5.92 Å². The van der Waals surface area contributed by atoms with Crippen LogP contribution >= 0.6 is 11.9 Å². The van der Waals surface area contributed by atoms with Crippen molar-refractivity contribution >= 4 is 11.9 Å². The Balaban J connectivity index is 3.44. The van der Waals surface area contributed by atoms with Crippen molar-refractivity contribution in [3.05, 3.63) is 12.7 Å². The zero-order valence-electron chi connectivity index (χ0n) is 6.13. The summed E-state index contributed by atoms with van der Waals surface area (Å²) in [5.74, 6) is 0.650. The van der Waals surface area contributed by atoms with E-state index in [-0.39, 0.29) is 0 Å². The summed E-state index contributed by atoms with van der Waals surface area (Å²) in [5, 5.41) is 5.93. The Morgan fingerprint density at radius 2 is 2.22 bits per heavy atom. The van der Waals surface area contributed by atoms with E-state index in [1.165, 1.54) is 11.9 Å². The smallest absolute Gasteiger partial charge is 0.0191 e. The Labute approximate surface area is 61.8 Å². The van der Waals surface area contributed by atoms with Gasteiger partial charge in [0.25, 0.3) is 0 Å². The highest BCUT2D eigenvalue weighted by atomic mass is 32.2. The number of rotatable bonds is 4. The van der Waals surface area contributed by atoms with E-state index in [0.717, 1.165) is 6.42 Å². The zero-order chi connectivity index (χ0) is 7.28. The van der Waals surface area contributed by atoms with Crippen molar-refractivity contribution in [2.75, 3.05) is 0 Å². The van der Waals surface area contributed by atoms with Gasteiger partial charge < -0.3 is 0 Å². The van der Waals surface area contributed by atoms with Gasteiger partial charge in [-0.05, 0) is 12.3 Å². The molecule has 0 aromatic carbocycles. The molecule has 0 bridgehead atoms. The van der Waals surface area contributed by atoms with Gasteiger partial charge in [0.05, 0.1) is 0 Å². The minimum atomic E-state index is 0.544. The third kappa shape index (κ3) is 3.60. The second-order valence-corrected chi connectivity index (χ2v) is 3.36. The highest BCUT2D eigenvalue weighted by Crippen LogP contribution is 2.16. The Morgan fingerprint density at radius 1 is 1.67 bits per heavy atom. The van der Waals surface area contributed by atoms with Gasteiger partial charge in [-0.15, -0.1) is 6.58 Å². The molecule has 0 radical (unpaired) electrons. The van der Waals surface area contributed by atoms with Crippen molar-refractivity contribution in [3.63, 3.8) is 0 Å². The normalized spacial score (nSPS) is 16.8. The molecule has 0 heterocycles. The molecule has 2 heteroatoms. The molecule has 0 aromatic rings. The van der Waals surface area contributed by atoms with E-state index in [2.05, 4.69) is 20.4 Å². The molecule has 0 amide bonds. The molecule has 0 saturated heterocycles. The molecule has 0 aliphatic heterocycles. The molecule has 0 rings (SSSR count). The topological polar surface area (TPSA) is 26.0 Å². The minimum Gasteiger partial charge on any atom is -0.278 e. The molecule has 0 aliphatic rings. The van der Waals surface area contributed by atoms with Gasteiger partial charge in [0.2, 0.25) is 0 Å². The lowest BCUT2D eigenvalue weighted by Crippen LogP contribution is -2.11. The average molecular weight is 145 g/mol. The predicted molar refractivity (Wildman–Crippen MR) is 45.2 cm³/mol. The molecule has 2 atom stereocenters. The lowest BCUT2D eigenvalue weighted by molar-refractivity contribution is 0.587. The van der Waals surface area contributed by atoms with E-state index in [0.29, 0.717) is 11.2 Å². The fourth-order valence-electron chi connectivity index (χ4n) is 0.589. The van der Waals surface area contributed by atoms with Gasteiger partial charge in [-0.3, -0.25) is 5.14 Å². The molecule has 2 N–H and O–H groups in total. The first-order valence-corrected chi connectivity index (χ1v) is 4.13. The van der Waals surface area contributed by atoms with Gasteiger partial charge in [0.1, 0.15) is 0 Å². The number of hydrogen-bond acceptors (Lipinski definition) is 2.